The molecule has 8 nitrogen and oxygen atoms in total. The number of fused-ring (bicyclic) bond motifs is 5. The minimum atomic E-state index is -3.98. The van der Waals surface area contributed by atoms with Crippen LogP contribution in [-0.2, 0) is 29.2 Å². The van der Waals surface area contributed by atoms with Crippen molar-refractivity contribution in [3.63, 3.8) is 0 Å². The number of amides is 1. The van der Waals surface area contributed by atoms with E-state index < -0.39 is 15.4 Å². The number of nitrogens with one attached hydrogen (secondary N) is 1. The minimum Gasteiger partial charge on any atom is -0.325 e. The maximum absolute atomic E-state index is 13.9. The summed E-state index contributed by atoms with van der Waals surface area (Å²) >= 11 is 0. The van der Waals surface area contributed by atoms with E-state index in [0.717, 1.165) is 19.3 Å². The molecular formula is C30H40N2O6S. The van der Waals surface area contributed by atoms with E-state index in [1.807, 2.05) is 0 Å². The molecule has 0 aliphatic heterocycles. The fourth-order valence-electron chi connectivity index (χ4n) is 8.98. The van der Waals surface area contributed by atoms with Gasteiger partial charge in [0.2, 0.25) is 15.9 Å². The van der Waals surface area contributed by atoms with Crippen LogP contribution in [0.5, 0.6) is 0 Å². The first kappa shape index (κ1) is 28.1. The van der Waals surface area contributed by atoms with Crippen molar-refractivity contribution in [3.8, 4) is 0 Å². The van der Waals surface area contributed by atoms with Gasteiger partial charge in [-0.1, -0.05) is 32.9 Å². The van der Waals surface area contributed by atoms with Gasteiger partial charge in [-0.25, -0.2) is 13.6 Å². The highest BCUT2D eigenvalue weighted by Crippen LogP contribution is 2.66. The lowest BCUT2D eigenvalue weighted by atomic mass is 9.44. The highest BCUT2D eigenvalue weighted by Gasteiger charge is 2.66. The molecule has 39 heavy (non-hydrogen) atoms. The van der Waals surface area contributed by atoms with E-state index in [1.165, 1.54) is 12.1 Å². The van der Waals surface area contributed by atoms with Crippen molar-refractivity contribution < 1.29 is 27.6 Å². The number of anilines is 1. The average Bonchev–Trinajstić information content (AvgIpc) is 3.22. The quantitative estimate of drug-likeness (QED) is 0.536. The van der Waals surface area contributed by atoms with Crippen molar-refractivity contribution in [1.29, 1.82) is 0 Å². The monoisotopic (exact) mass is 556 g/mol. The summed E-state index contributed by atoms with van der Waals surface area (Å²) in [6.45, 7) is 6.35. The molecule has 1 amide bonds. The number of rotatable bonds is 6. The number of nitrogens with two attached hydrogens (primary N) is 1. The van der Waals surface area contributed by atoms with Crippen LogP contribution in [-0.4, -0.2) is 31.7 Å². The fraction of sp³-hybridized carbons (Fsp3) is 0.667. The molecule has 0 saturated heterocycles. The number of ketones is 3. The summed E-state index contributed by atoms with van der Waals surface area (Å²) in [5.74, 6) is 0.513. The molecule has 4 aliphatic rings. The zero-order valence-electron chi connectivity index (χ0n) is 23.1. The predicted molar refractivity (Wildman–Crippen MR) is 146 cm³/mol. The minimum absolute atomic E-state index is 0.00886. The number of sulfonamides is 1. The third-order valence-corrected chi connectivity index (χ3v) is 12.2. The molecule has 3 N–H and O–H groups in total. The van der Waals surface area contributed by atoms with Crippen LogP contribution in [0.2, 0.25) is 0 Å². The zero-order valence-corrected chi connectivity index (χ0v) is 23.9. The first-order valence-electron chi connectivity index (χ1n) is 14.3. The van der Waals surface area contributed by atoms with Gasteiger partial charge < -0.3 is 5.32 Å². The van der Waals surface area contributed by atoms with Crippen molar-refractivity contribution in [2.45, 2.75) is 83.5 Å². The van der Waals surface area contributed by atoms with Crippen molar-refractivity contribution in [1.82, 2.24) is 0 Å². The maximum atomic E-state index is 13.9. The highest BCUT2D eigenvalue weighted by molar-refractivity contribution is 7.89. The molecule has 0 heterocycles. The smallest absolute Gasteiger partial charge is 0.240 e. The van der Waals surface area contributed by atoms with Crippen molar-refractivity contribution in [3.05, 3.63) is 24.3 Å². The first-order chi connectivity index (χ1) is 18.3. The van der Waals surface area contributed by atoms with E-state index >= 15 is 0 Å². The molecule has 5 rings (SSSR count). The maximum Gasteiger partial charge on any atom is 0.240 e. The van der Waals surface area contributed by atoms with Crippen LogP contribution >= 0.6 is 0 Å². The molecule has 4 aliphatic carbocycles. The lowest BCUT2D eigenvalue weighted by molar-refractivity contribution is -0.166. The van der Waals surface area contributed by atoms with E-state index in [4.69, 9.17) is 5.14 Å². The highest BCUT2D eigenvalue weighted by atomic mass is 32.2. The third kappa shape index (κ3) is 4.69. The number of para-hydroxylation sites is 1. The van der Waals surface area contributed by atoms with Gasteiger partial charge in [-0.15, -0.1) is 0 Å². The Morgan fingerprint density at radius 3 is 2.51 bits per heavy atom. The molecule has 4 fully saturated rings. The number of benzene rings is 1. The first-order valence-corrected chi connectivity index (χ1v) is 15.8. The van der Waals surface area contributed by atoms with Crippen molar-refractivity contribution in [2.24, 2.45) is 51.5 Å². The van der Waals surface area contributed by atoms with Gasteiger partial charge in [-0.2, -0.15) is 0 Å². The van der Waals surface area contributed by atoms with Crippen molar-refractivity contribution >= 4 is 39.0 Å². The van der Waals surface area contributed by atoms with Crippen LogP contribution in [0.3, 0.4) is 0 Å². The zero-order chi connectivity index (χ0) is 28.3. The van der Waals surface area contributed by atoms with Gasteiger partial charge in [0.1, 0.15) is 22.2 Å². The normalized spacial score (nSPS) is 37.0. The Hall–Kier alpha value is -2.39. The summed E-state index contributed by atoms with van der Waals surface area (Å²) < 4.78 is 23.7. The van der Waals surface area contributed by atoms with Gasteiger partial charge >= 0.3 is 0 Å². The van der Waals surface area contributed by atoms with E-state index in [1.54, 1.807) is 12.1 Å². The molecule has 212 valence electrons. The van der Waals surface area contributed by atoms with E-state index in [9.17, 15) is 27.6 Å². The number of carbonyl (C=O) groups excluding carboxylic acids is 4. The molecule has 9 heteroatoms. The van der Waals surface area contributed by atoms with Gasteiger partial charge in [0, 0.05) is 43.4 Å². The van der Waals surface area contributed by atoms with E-state index in [0.29, 0.717) is 32.1 Å². The van der Waals surface area contributed by atoms with Gasteiger partial charge in [0.25, 0.3) is 0 Å². The number of hydrogen-bond donors (Lipinski definition) is 2. The second kappa shape index (κ2) is 9.91. The summed E-state index contributed by atoms with van der Waals surface area (Å²) in [7, 11) is -3.98. The Bertz CT molecular complexity index is 1320. The van der Waals surface area contributed by atoms with Gasteiger partial charge in [0.15, 0.2) is 0 Å². The van der Waals surface area contributed by atoms with Crippen LogP contribution < -0.4 is 10.5 Å². The van der Waals surface area contributed by atoms with Gasteiger partial charge in [0.05, 0.1) is 5.69 Å². The average molecular weight is 557 g/mol. The van der Waals surface area contributed by atoms with Crippen LogP contribution in [0.4, 0.5) is 5.69 Å². The third-order valence-electron chi connectivity index (χ3n) is 11.2. The molecule has 8 atom stereocenters. The topological polar surface area (TPSA) is 140 Å². The summed E-state index contributed by atoms with van der Waals surface area (Å²) in [5, 5.41) is 7.97. The Morgan fingerprint density at radius 2 is 1.79 bits per heavy atom. The Balaban J connectivity index is 1.29. The van der Waals surface area contributed by atoms with Gasteiger partial charge in [-0.3, -0.25) is 19.2 Å². The summed E-state index contributed by atoms with van der Waals surface area (Å²) in [4.78, 5) is 52.3. The van der Waals surface area contributed by atoms with Gasteiger partial charge in [-0.05, 0) is 72.8 Å². The molecule has 4 saturated carbocycles. The molecular weight excluding hydrogens is 516 g/mol. The fourth-order valence-corrected chi connectivity index (χ4v) is 9.67. The Labute approximate surface area is 230 Å². The van der Waals surface area contributed by atoms with E-state index in [2.05, 4.69) is 26.1 Å². The van der Waals surface area contributed by atoms with Crippen LogP contribution in [0.1, 0.15) is 78.6 Å². The van der Waals surface area contributed by atoms with E-state index in [-0.39, 0.29) is 81.2 Å². The SMILES string of the molecule is C[C@H](CCC(=O)Nc1ccccc1S(N)(=O)=O)[C@H]1CC[C@H]2[C@@H]3C(=O)C[C@@H]4CC(=O)CC[C@]4(C)[C@H]3CC(=O)[C@]12C. The number of carbonyl (C=O) groups is 4. The molecule has 0 radical (unpaired) electrons. The number of Topliss-reactive ketones (excluding diaryl/α,β-unsaturated/α-hetero) is 3. The second-order valence-corrected chi connectivity index (χ2v) is 14.6. The second-order valence-electron chi connectivity index (χ2n) is 13.1. The molecule has 0 spiro atoms. The largest absolute Gasteiger partial charge is 0.325 e. The van der Waals surface area contributed by atoms with Crippen LogP contribution in [0.15, 0.2) is 29.2 Å². The molecule has 0 aromatic heterocycles. The molecule has 1 aromatic rings. The lowest BCUT2D eigenvalue weighted by Gasteiger charge is -2.58. The summed E-state index contributed by atoms with van der Waals surface area (Å²) in [6, 6.07) is 6.05. The summed E-state index contributed by atoms with van der Waals surface area (Å²) in [6.07, 6.45) is 5.04. The van der Waals surface area contributed by atoms with Crippen LogP contribution in [0, 0.1) is 46.3 Å². The molecule has 0 bridgehead atoms. The number of primary sulfonamides is 1. The Kier molecular flexibility index (Phi) is 7.15. The van der Waals surface area contributed by atoms with Crippen LogP contribution in [0.25, 0.3) is 0 Å². The standard InChI is InChI=1S/C30H40N2O6S/c1-17(8-11-27(36)32-23-6-4-5-7-25(23)39(31,37)38)20-9-10-21-28-22(16-26(35)30(20,21)3)29(2)13-12-19(33)14-18(29)15-24(28)34/h4-7,17-18,20-22,28H,8-16H2,1-3H3,(H,32,36)(H2,31,37,38)/t17-,18+,20-,21+,22+,28+,29+,30-/m1/s1. The molecule has 1 aromatic carbocycles. The van der Waals surface area contributed by atoms with Crippen molar-refractivity contribution in [2.75, 3.05) is 5.32 Å². The predicted octanol–water partition coefficient (Wildman–Crippen LogP) is 4.27. The number of hydrogen-bond acceptors (Lipinski definition) is 6. The molecule has 0 unspecified atom stereocenters. The Morgan fingerprint density at radius 1 is 1.08 bits per heavy atom. The lowest BCUT2D eigenvalue weighted by Crippen LogP contribution is -2.60. The summed E-state index contributed by atoms with van der Waals surface area (Å²) in [5.41, 5.74) is -0.579.